The molecule has 2 N–H and O–H groups in total. The van der Waals surface area contributed by atoms with Crippen LogP contribution in [0.2, 0.25) is 10.0 Å². The molecule has 0 spiro atoms. The molecule has 0 aliphatic rings. The number of amides is 1. The SMILES string of the molecule is COc1cc(/C=N\NC(=O)C(O)(c2ccccc2)c2ccccc2)cc(I)c1OCc1ccc(Cl)cc1Cl. The van der Waals surface area contributed by atoms with E-state index in [0.717, 1.165) is 9.13 Å². The maximum atomic E-state index is 13.2. The Labute approximate surface area is 244 Å². The van der Waals surface area contributed by atoms with Crippen LogP contribution in [0.4, 0.5) is 0 Å². The monoisotopic (exact) mass is 660 g/mol. The summed E-state index contributed by atoms with van der Waals surface area (Å²) in [7, 11) is 1.54. The topological polar surface area (TPSA) is 80.2 Å². The largest absolute Gasteiger partial charge is 0.493 e. The molecule has 0 aliphatic carbocycles. The van der Waals surface area contributed by atoms with Crippen LogP contribution in [0.1, 0.15) is 22.3 Å². The van der Waals surface area contributed by atoms with Crippen LogP contribution in [0.3, 0.4) is 0 Å². The van der Waals surface area contributed by atoms with Gasteiger partial charge in [-0.25, -0.2) is 5.43 Å². The highest BCUT2D eigenvalue weighted by atomic mass is 127. The lowest BCUT2D eigenvalue weighted by atomic mass is 9.85. The molecule has 0 bridgehead atoms. The number of hydrazone groups is 1. The number of carbonyl (C=O) groups excluding carboxylic acids is 1. The van der Waals surface area contributed by atoms with Crippen LogP contribution in [0.5, 0.6) is 11.5 Å². The minimum atomic E-state index is -1.92. The molecule has 0 saturated carbocycles. The van der Waals surface area contributed by atoms with Crippen molar-refractivity contribution in [2.24, 2.45) is 5.10 Å². The van der Waals surface area contributed by atoms with E-state index in [1.807, 2.05) is 18.2 Å². The third-order valence-corrected chi connectivity index (χ3v) is 7.12. The lowest BCUT2D eigenvalue weighted by Gasteiger charge is -2.27. The number of nitrogens with one attached hydrogen (secondary N) is 1. The van der Waals surface area contributed by atoms with Crippen LogP contribution in [-0.2, 0) is 17.0 Å². The van der Waals surface area contributed by atoms with E-state index in [-0.39, 0.29) is 6.61 Å². The molecule has 4 aromatic carbocycles. The molecular weight excluding hydrogens is 638 g/mol. The highest BCUT2D eigenvalue weighted by Gasteiger charge is 2.39. The number of halogens is 3. The fourth-order valence-corrected chi connectivity index (χ4v) is 5.02. The predicted molar refractivity (Wildman–Crippen MR) is 158 cm³/mol. The first-order valence-corrected chi connectivity index (χ1v) is 13.3. The van der Waals surface area contributed by atoms with E-state index in [2.05, 4.69) is 33.1 Å². The van der Waals surface area contributed by atoms with Gasteiger partial charge in [0, 0.05) is 15.6 Å². The fraction of sp³-hybridized carbons (Fsp3) is 0.103. The van der Waals surface area contributed by atoms with Crippen LogP contribution >= 0.6 is 45.8 Å². The van der Waals surface area contributed by atoms with Crippen LogP contribution in [0.15, 0.2) is 96.1 Å². The van der Waals surface area contributed by atoms with Gasteiger partial charge in [-0.15, -0.1) is 0 Å². The van der Waals surface area contributed by atoms with Crippen molar-refractivity contribution >= 4 is 57.9 Å². The van der Waals surface area contributed by atoms with Gasteiger partial charge in [0.15, 0.2) is 17.1 Å². The van der Waals surface area contributed by atoms with Gasteiger partial charge in [0.2, 0.25) is 0 Å². The average Bonchev–Trinajstić information content (AvgIpc) is 2.93. The molecule has 4 rings (SSSR count). The molecule has 0 unspecified atom stereocenters. The normalized spacial score (nSPS) is 11.4. The number of carbonyl (C=O) groups is 1. The Morgan fingerprint density at radius 3 is 2.21 bits per heavy atom. The Morgan fingerprint density at radius 2 is 1.63 bits per heavy atom. The highest BCUT2D eigenvalue weighted by molar-refractivity contribution is 14.1. The number of rotatable bonds is 9. The molecule has 0 atom stereocenters. The molecule has 9 heteroatoms. The van der Waals surface area contributed by atoms with Gasteiger partial charge in [-0.2, -0.15) is 5.10 Å². The van der Waals surface area contributed by atoms with Crippen molar-refractivity contribution in [2.45, 2.75) is 12.2 Å². The summed E-state index contributed by atoms with van der Waals surface area (Å²) in [6.07, 6.45) is 1.47. The standard InChI is InChI=1S/C29H23Cl2IN2O4/c1-37-26-15-19(14-25(32)27(26)38-18-20-12-13-23(30)16-24(20)31)17-33-34-28(35)29(36,21-8-4-2-5-9-21)22-10-6-3-7-11-22/h2-17,36H,18H2,1H3,(H,34,35)/b33-17-. The lowest BCUT2D eigenvalue weighted by Crippen LogP contribution is -2.43. The van der Waals surface area contributed by atoms with E-state index in [1.54, 1.807) is 72.8 Å². The van der Waals surface area contributed by atoms with Crippen LogP contribution < -0.4 is 14.9 Å². The third kappa shape index (κ3) is 6.30. The van der Waals surface area contributed by atoms with Gasteiger partial charge in [0.1, 0.15) is 6.61 Å². The van der Waals surface area contributed by atoms with E-state index in [4.69, 9.17) is 32.7 Å². The van der Waals surface area contributed by atoms with Gasteiger partial charge < -0.3 is 14.6 Å². The Kier molecular flexibility index (Phi) is 9.27. The molecular formula is C29H23Cl2IN2O4. The first kappa shape index (κ1) is 27.9. The molecule has 0 aromatic heterocycles. The quantitative estimate of drug-likeness (QED) is 0.121. The molecule has 0 saturated heterocycles. The summed E-state index contributed by atoms with van der Waals surface area (Å²) in [5.41, 5.74) is 2.85. The molecule has 0 aliphatic heterocycles. The number of ether oxygens (including phenoxy) is 2. The van der Waals surface area contributed by atoms with Crippen molar-refractivity contribution in [3.63, 3.8) is 0 Å². The van der Waals surface area contributed by atoms with Crippen molar-refractivity contribution in [2.75, 3.05) is 7.11 Å². The van der Waals surface area contributed by atoms with E-state index in [1.165, 1.54) is 13.3 Å². The summed E-state index contributed by atoms with van der Waals surface area (Å²) in [5.74, 6) is 0.343. The van der Waals surface area contributed by atoms with Gasteiger partial charge in [-0.05, 0) is 63.5 Å². The van der Waals surface area contributed by atoms with E-state index in [0.29, 0.717) is 38.2 Å². The maximum Gasteiger partial charge on any atom is 0.281 e. The second-order valence-electron chi connectivity index (χ2n) is 8.20. The van der Waals surface area contributed by atoms with Crippen LogP contribution in [-0.4, -0.2) is 24.3 Å². The smallest absolute Gasteiger partial charge is 0.281 e. The zero-order valence-electron chi connectivity index (χ0n) is 20.2. The summed E-state index contributed by atoms with van der Waals surface area (Å²) in [5, 5.41) is 16.7. The average molecular weight is 661 g/mol. The molecule has 0 radical (unpaired) electrons. The van der Waals surface area contributed by atoms with Gasteiger partial charge in [0.25, 0.3) is 5.91 Å². The lowest BCUT2D eigenvalue weighted by molar-refractivity contribution is -0.136. The molecule has 0 heterocycles. The summed E-state index contributed by atoms with van der Waals surface area (Å²) in [4.78, 5) is 13.2. The van der Waals surface area contributed by atoms with Gasteiger partial charge in [0.05, 0.1) is 16.9 Å². The number of nitrogens with zero attached hydrogens (tertiary/aromatic N) is 1. The highest BCUT2D eigenvalue weighted by Crippen LogP contribution is 2.35. The molecule has 0 fully saturated rings. The van der Waals surface area contributed by atoms with Crippen LogP contribution in [0, 0.1) is 3.57 Å². The fourth-order valence-electron chi connectivity index (χ4n) is 3.78. The second kappa shape index (κ2) is 12.6. The van der Waals surface area contributed by atoms with Crippen molar-refractivity contribution in [1.29, 1.82) is 0 Å². The number of methoxy groups -OCH3 is 1. The Balaban J connectivity index is 1.52. The molecule has 4 aromatic rings. The van der Waals surface area contributed by atoms with E-state index < -0.39 is 11.5 Å². The summed E-state index contributed by atoms with van der Waals surface area (Å²) in [6.45, 7) is 0.226. The Hall–Kier alpha value is -3.11. The molecule has 38 heavy (non-hydrogen) atoms. The van der Waals surface area contributed by atoms with E-state index in [9.17, 15) is 9.90 Å². The maximum absolute atomic E-state index is 13.2. The Morgan fingerprint density at radius 1 is 1.00 bits per heavy atom. The molecule has 6 nitrogen and oxygen atoms in total. The summed E-state index contributed by atoms with van der Waals surface area (Å²) >= 11 is 14.4. The van der Waals surface area contributed by atoms with Crippen molar-refractivity contribution < 1.29 is 19.4 Å². The Bertz CT molecular complexity index is 1410. The predicted octanol–water partition coefficient (Wildman–Crippen LogP) is 6.57. The third-order valence-electron chi connectivity index (χ3n) is 5.73. The second-order valence-corrected chi connectivity index (χ2v) is 10.2. The first-order valence-electron chi connectivity index (χ1n) is 11.4. The zero-order chi connectivity index (χ0) is 27.1. The minimum Gasteiger partial charge on any atom is -0.493 e. The van der Waals surface area contributed by atoms with Crippen molar-refractivity contribution in [1.82, 2.24) is 5.43 Å². The van der Waals surface area contributed by atoms with Gasteiger partial charge in [-0.1, -0.05) is 89.9 Å². The van der Waals surface area contributed by atoms with Crippen molar-refractivity contribution in [3.05, 3.63) is 127 Å². The van der Waals surface area contributed by atoms with Gasteiger partial charge >= 0.3 is 0 Å². The number of aliphatic hydroxyl groups is 1. The van der Waals surface area contributed by atoms with Crippen molar-refractivity contribution in [3.8, 4) is 11.5 Å². The van der Waals surface area contributed by atoms with E-state index >= 15 is 0 Å². The minimum absolute atomic E-state index is 0.226. The molecule has 1 amide bonds. The zero-order valence-corrected chi connectivity index (χ0v) is 23.9. The summed E-state index contributed by atoms with van der Waals surface area (Å²) < 4.78 is 12.3. The molecule has 194 valence electrons. The summed E-state index contributed by atoms with van der Waals surface area (Å²) in [6, 6.07) is 26.2. The van der Waals surface area contributed by atoms with Gasteiger partial charge in [-0.3, -0.25) is 4.79 Å². The van der Waals surface area contributed by atoms with Crippen LogP contribution in [0.25, 0.3) is 0 Å². The number of hydrogen-bond acceptors (Lipinski definition) is 5. The number of hydrogen-bond donors (Lipinski definition) is 2. The first-order chi connectivity index (χ1) is 18.3. The number of benzene rings is 4.